The maximum absolute atomic E-state index is 11.3. The number of allylic oxidation sites excluding steroid dienone is 1. The third kappa shape index (κ3) is 3.43. The normalized spacial score (nSPS) is 13.1. The Bertz CT molecular complexity index is 585. The molecule has 0 atom stereocenters. The molecule has 1 N–H and O–H groups in total. The van der Waals surface area contributed by atoms with E-state index in [0.717, 1.165) is 6.26 Å². The second-order valence-corrected chi connectivity index (χ2v) is 6.56. The number of aliphatic carboxylic acids is 1. The molecule has 0 amide bonds. The summed E-state index contributed by atoms with van der Waals surface area (Å²) in [6.45, 7) is 1.84. The van der Waals surface area contributed by atoms with E-state index in [2.05, 4.69) is 15.9 Å². The van der Waals surface area contributed by atoms with Crippen LogP contribution in [-0.2, 0) is 14.6 Å². The van der Waals surface area contributed by atoms with Gasteiger partial charge in [0.1, 0.15) is 4.48 Å². The summed E-state index contributed by atoms with van der Waals surface area (Å²) in [6, 6.07) is 6.17. The Labute approximate surface area is 114 Å². The van der Waals surface area contributed by atoms with Crippen molar-refractivity contribution in [3.63, 3.8) is 0 Å². The third-order valence-electron chi connectivity index (χ3n) is 2.44. The smallest absolute Gasteiger partial charge is 0.343 e. The van der Waals surface area contributed by atoms with Crippen molar-refractivity contribution in [2.45, 2.75) is 18.2 Å². The monoisotopic (exact) mass is 332 g/mol. The average Bonchev–Trinajstić information content (AvgIpc) is 2.29. The molecule has 0 heterocycles. The van der Waals surface area contributed by atoms with Crippen LogP contribution in [0.2, 0.25) is 0 Å². The number of benzene rings is 1. The molecule has 1 aromatic carbocycles. The van der Waals surface area contributed by atoms with E-state index in [4.69, 9.17) is 5.11 Å². The van der Waals surface area contributed by atoms with Crippen LogP contribution >= 0.6 is 15.9 Å². The highest BCUT2D eigenvalue weighted by Gasteiger charge is 2.13. The van der Waals surface area contributed by atoms with Crippen LogP contribution in [0.4, 0.5) is 0 Å². The molecule has 0 bridgehead atoms. The maximum Gasteiger partial charge on any atom is 0.343 e. The van der Waals surface area contributed by atoms with Gasteiger partial charge in [-0.05, 0) is 45.6 Å². The van der Waals surface area contributed by atoms with Crippen LogP contribution in [0.5, 0.6) is 0 Å². The van der Waals surface area contributed by atoms with E-state index in [1.54, 1.807) is 12.1 Å². The van der Waals surface area contributed by atoms with E-state index < -0.39 is 15.8 Å². The molecule has 1 aromatic rings. The molecule has 0 saturated heterocycles. The number of halogens is 1. The van der Waals surface area contributed by atoms with Crippen molar-refractivity contribution in [1.82, 2.24) is 0 Å². The van der Waals surface area contributed by atoms with Gasteiger partial charge >= 0.3 is 5.97 Å². The number of hydrogen-bond donors (Lipinski definition) is 1. The Balaban J connectivity index is 3.27. The van der Waals surface area contributed by atoms with Gasteiger partial charge in [0.05, 0.1) is 4.90 Å². The Kier molecular flexibility index (Phi) is 4.70. The summed E-state index contributed by atoms with van der Waals surface area (Å²) in [4.78, 5) is 11.1. The van der Waals surface area contributed by atoms with E-state index in [-0.39, 0.29) is 9.38 Å². The first kappa shape index (κ1) is 14.9. The average molecular weight is 333 g/mol. The van der Waals surface area contributed by atoms with Crippen molar-refractivity contribution in [1.29, 1.82) is 0 Å². The Hall–Kier alpha value is -1.14. The first-order valence-corrected chi connectivity index (χ1v) is 7.88. The van der Waals surface area contributed by atoms with Crippen LogP contribution in [0.15, 0.2) is 33.6 Å². The molecular weight excluding hydrogens is 320 g/mol. The molecule has 0 aliphatic carbocycles. The maximum atomic E-state index is 11.3. The van der Waals surface area contributed by atoms with E-state index in [9.17, 15) is 13.2 Å². The fourth-order valence-corrected chi connectivity index (χ4v) is 2.66. The molecule has 0 aromatic heterocycles. The second-order valence-electron chi connectivity index (χ2n) is 3.75. The zero-order valence-electron chi connectivity index (χ0n) is 9.97. The second kappa shape index (κ2) is 5.67. The third-order valence-corrected chi connectivity index (χ3v) is 4.38. The molecule has 0 aliphatic rings. The van der Waals surface area contributed by atoms with Crippen LogP contribution in [0.3, 0.4) is 0 Å². The molecule has 0 spiro atoms. The molecule has 0 unspecified atom stereocenters. The highest BCUT2D eigenvalue weighted by Crippen LogP contribution is 2.26. The molecule has 0 aliphatic heterocycles. The molecule has 98 valence electrons. The topological polar surface area (TPSA) is 71.4 Å². The van der Waals surface area contributed by atoms with Gasteiger partial charge in [0.2, 0.25) is 0 Å². The van der Waals surface area contributed by atoms with Gasteiger partial charge in [0, 0.05) is 6.26 Å². The number of carbonyl (C=O) groups is 1. The Morgan fingerprint density at radius 3 is 2.11 bits per heavy atom. The van der Waals surface area contributed by atoms with E-state index in [1.165, 1.54) is 12.1 Å². The summed E-state index contributed by atoms with van der Waals surface area (Å²) in [6.07, 6.45) is 1.66. The zero-order valence-corrected chi connectivity index (χ0v) is 12.4. The molecule has 18 heavy (non-hydrogen) atoms. The van der Waals surface area contributed by atoms with Gasteiger partial charge in [0.15, 0.2) is 9.84 Å². The van der Waals surface area contributed by atoms with Gasteiger partial charge in [-0.3, -0.25) is 0 Å². The van der Waals surface area contributed by atoms with Crippen molar-refractivity contribution in [3.8, 4) is 0 Å². The summed E-state index contributed by atoms with van der Waals surface area (Å²) < 4.78 is 22.7. The lowest BCUT2D eigenvalue weighted by atomic mass is 10.0. The van der Waals surface area contributed by atoms with Crippen molar-refractivity contribution >= 4 is 37.3 Å². The summed E-state index contributed by atoms with van der Waals surface area (Å²) in [7, 11) is -3.23. The molecule has 6 heteroatoms. The Morgan fingerprint density at radius 2 is 1.78 bits per heavy atom. The minimum Gasteiger partial charge on any atom is -0.477 e. The summed E-state index contributed by atoms with van der Waals surface area (Å²) >= 11 is 3.03. The SMILES string of the molecule is CCC(=C(Br)C(=O)O)c1ccc(S(C)(=O)=O)cc1. The predicted molar refractivity (Wildman–Crippen MR) is 73.3 cm³/mol. The van der Waals surface area contributed by atoms with Crippen LogP contribution in [0.1, 0.15) is 18.9 Å². The number of carboxylic acids is 1. The van der Waals surface area contributed by atoms with Crippen LogP contribution in [0, 0.1) is 0 Å². The number of sulfone groups is 1. The van der Waals surface area contributed by atoms with Crippen LogP contribution in [0.25, 0.3) is 5.57 Å². The Morgan fingerprint density at radius 1 is 1.28 bits per heavy atom. The molecule has 1 rings (SSSR count). The van der Waals surface area contributed by atoms with E-state index in [0.29, 0.717) is 17.6 Å². The number of carboxylic acid groups (broad SMARTS) is 1. The minimum atomic E-state index is -3.23. The van der Waals surface area contributed by atoms with Crippen molar-refractivity contribution < 1.29 is 18.3 Å². The molecule has 0 fully saturated rings. The fraction of sp³-hybridized carbons (Fsp3) is 0.250. The van der Waals surface area contributed by atoms with Crippen LogP contribution < -0.4 is 0 Å². The van der Waals surface area contributed by atoms with Crippen molar-refractivity contribution in [3.05, 3.63) is 34.3 Å². The highest BCUT2D eigenvalue weighted by atomic mass is 79.9. The zero-order chi connectivity index (χ0) is 13.9. The standard InChI is InChI=1S/C12H13BrO4S/c1-3-10(11(13)12(14)15)8-4-6-9(7-5-8)18(2,16)17/h4-7H,3H2,1-2H3,(H,14,15). The fourth-order valence-electron chi connectivity index (χ4n) is 1.52. The number of hydrogen-bond acceptors (Lipinski definition) is 3. The molecule has 0 radical (unpaired) electrons. The summed E-state index contributed by atoms with van der Waals surface area (Å²) in [5.41, 5.74) is 1.32. The van der Waals surface area contributed by atoms with Gasteiger partial charge < -0.3 is 5.11 Å². The number of rotatable bonds is 4. The first-order valence-electron chi connectivity index (χ1n) is 5.19. The quantitative estimate of drug-likeness (QED) is 0.860. The summed E-state index contributed by atoms with van der Waals surface area (Å²) in [5.74, 6) is -1.04. The van der Waals surface area contributed by atoms with Gasteiger partial charge in [0.25, 0.3) is 0 Å². The van der Waals surface area contributed by atoms with Gasteiger partial charge in [-0.15, -0.1) is 0 Å². The van der Waals surface area contributed by atoms with E-state index >= 15 is 0 Å². The van der Waals surface area contributed by atoms with Gasteiger partial charge in [-0.2, -0.15) is 0 Å². The van der Waals surface area contributed by atoms with Crippen molar-refractivity contribution in [2.24, 2.45) is 0 Å². The lowest BCUT2D eigenvalue weighted by molar-refractivity contribution is -0.131. The van der Waals surface area contributed by atoms with Crippen LogP contribution in [-0.4, -0.2) is 25.7 Å². The predicted octanol–water partition coefficient (Wildman–Crippen LogP) is 2.69. The first-order chi connectivity index (χ1) is 8.27. The van der Waals surface area contributed by atoms with Gasteiger partial charge in [-0.1, -0.05) is 19.1 Å². The highest BCUT2D eigenvalue weighted by molar-refractivity contribution is 9.12. The molecular formula is C12H13BrO4S. The minimum absolute atomic E-state index is 0.0945. The van der Waals surface area contributed by atoms with Crippen molar-refractivity contribution in [2.75, 3.05) is 6.26 Å². The van der Waals surface area contributed by atoms with E-state index in [1.807, 2.05) is 6.92 Å². The molecule has 4 nitrogen and oxygen atoms in total. The summed E-state index contributed by atoms with van der Waals surface area (Å²) in [5, 5.41) is 8.93. The lowest BCUT2D eigenvalue weighted by Crippen LogP contribution is -2.00. The lowest BCUT2D eigenvalue weighted by Gasteiger charge is -2.07. The largest absolute Gasteiger partial charge is 0.477 e. The molecule has 0 saturated carbocycles. The van der Waals surface area contributed by atoms with Gasteiger partial charge in [-0.25, -0.2) is 13.2 Å².